The molecule has 0 aliphatic heterocycles. The molecule has 2 aromatic rings. The average Bonchev–Trinajstić information content (AvgIpc) is 2.57. The minimum Gasteiger partial charge on any atom is -0.497 e. The normalized spacial score (nSPS) is 21.4. The van der Waals surface area contributed by atoms with E-state index in [1.54, 1.807) is 7.11 Å². The number of benzene rings is 2. The van der Waals surface area contributed by atoms with Crippen molar-refractivity contribution in [1.82, 2.24) is 0 Å². The Bertz CT molecular complexity index is 671. The Morgan fingerprint density at radius 2 is 1.57 bits per heavy atom. The third-order valence-electron chi connectivity index (χ3n) is 3.90. The number of aliphatic hydroxyl groups is 1. The third-order valence-corrected chi connectivity index (χ3v) is 3.90. The molecule has 0 saturated heterocycles. The summed E-state index contributed by atoms with van der Waals surface area (Å²) in [7, 11) is 1.65. The zero-order valence-corrected chi connectivity index (χ0v) is 12.0. The molecule has 0 aromatic heterocycles. The smallest absolute Gasteiger partial charge is 0.119 e. The van der Waals surface area contributed by atoms with Gasteiger partial charge in [-0.05, 0) is 28.9 Å². The maximum absolute atomic E-state index is 11.3. The van der Waals surface area contributed by atoms with Crippen LogP contribution in [-0.4, -0.2) is 12.2 Å². The topological polar surface area (TPSA) is 29.5 Å². The van der Waals surface area contributed by atoms with Gasteiger partial charge in [0.25, 0.3) is 0 Å². The number of ether oxygens (including phenoxy) is 1. The number of allylic oxidation sites excluding steroid dienone is 1. The molecule has 0 amide bonds. The minimum absolute atomic E-state index is 0.501. The molecule has 0 bridgehead atoms. The number of hydrogen-bond acceptors (Lipinski definition) is 2. The van der Waals surface area contributed by atoms with Gasteiger partial charge in [-0.3, -0.25) is 0 Å². The van der Waals surface area contributed by atoms with E-state index in [2.05, 4.69) is 0 Å². The molecule has 106 valence electrons. The molecule has 2 heteroatoms. The lowest BCUT2D eigenvalue weighted by atomic mass is 9.77. The lowest BCUT2D eigenvalue weighted by Gasteiger charge is -2.33. The van der Waals surface area contributed by atoms with E-state index in [0.717, 1.165) is 22.5 Å². The van der Waals surface area contributed by atoms with Crippen molar-refractivity contribution in [3.8, 4) is 0 Å². The Morgan fingerprint density at radius 1 is 0.952 bits per heavy atom. The first-order chi connectivity index (χ1) is 10.2. The fraction of sp³-hybridized carbons (Fsp3) is 0.158. The Labute approximate surface area is 125 Å². The quantitative estimate of drug-likeness (QED) is 0.923. The van der Waals surface area contributed by atoms with Crippen LogP contribution in [0.2, 0.25) is 0 Å². The van der Waals surface area contributed by atoms with Crippen LogP contribution in [-0.2, 0) is 10.3 Å². The SMILES string of the molecule is COC1=CCC(O)(c2ccccc2)C(c2ccccc2)=C1. The fourth-order valence-electron chi connectivity index (χ4n) is 2.75. The molecule has 1 aliphatic rings. The number of methoxy groups -OCH3 is 1. The van der Waals surface area contributed by atoms with Crippen LogP contribution in [0.4, 0.5) is 0 Å². The predicted molar refractivity (Wildman–Crippen MR) is 84.5 cm³/mol. The molecule has 0 fully saturated rings. The first-order valence-corrected chi connectivity index (χ1v) is 7.04. The van der Waals surface area contributed by atoms with E-state index in [0.29, 0.717) is 6.42 Å². The molecule has 1 N–H and O–H groups in total. The zero-order chi connectivity index (χ0) is 14.7. The standard InChI is InChI=1S/C19H18O2/c1-21-17-12-13-19(20,16-10-6-3-7-11-16)18(14-17)15-8-4-2-5-9-15/h2-12,14,20H,13H2,1H3. The van der Waals surface area contributed by atoms with E-state index in [9.17, 15) is 5.11 Å². The molecule has 0 radical (unpaired) electrons. The average molecular weight is 278 g/mol. The van der Waals surface area contributed by atoms with Gasteiger partial charge in [0, 0.05) is 6.42 Å². The lowest BCUT2D eigenvalue weighted by molar-refractivity contribution is 0.0999. The summed E-state index contributed by atoms with van der Waals surface area (Å²) in [6.45, 7) is 0. The Balaban J connectivity index is 2.13. The molecule has 21 heavy (non-hydrogen) atoms. The van der Waals surface area contributed by atoms with Crippen LogP contribution < -0.4 is 0 Å². The summed E-state index contributed by atoms with van der Waals surface area (Å²) < 4.78 is 5.35. The van der Waals surface area contributed by atoms with E-state index in [-0.39, 0.29) is 0 Å². The van der Waals surface area contributed by atoms with Crippen molar-refractivity contribution < 1.29 is 9.84 Å². The first kappa shape index (κ1) is 13.7. The first-order valence-electron chi connectivity index (χ1n) is 7.04. The van der Waals surface area contributed by atoms with E-state index < -0.39 is 5.60 Å². The highest BCUT2D eigenvalue weighted by Crippen LogP contribution is 2.42. The van der Waals surface area contributed by atoms with Crippen LogP contribution in [0.3, 0.4) is 0 Å². The molecule has 2 aromatic carbocycles. The second-order valence-electron chi connectivity index (χ2n) is 5.17. The van der Waals surface area contributed by atoms with Gasteiger partial charge < -0.3 is 9.84 Å². The highest BCUT2D eigenvalue weighted by molar-refractivity contribution is 5.77. The molecule has 3 rings (SSSR count). The van der Waals surface area contributed by atoms with Crippen molar-refractivity contribution in [3.63, 3.8) is 0 Å². The van der Waals surface area contributed by atoms with Gasteiger partial charge in [-0.1, -0.05) is 60.7 Å². The van der Waals surface area contributed by atoms with Crippen LogP contribution in [0.15, 0.2) is 78.6 Å². The van der Waals surface area contributed by atoms with Crippen LogP contribution >= 0.6 is 0 Å². The van der Waals surface area contributed by atoms with Crippen LogP contribution in [0.5, 0.6) is 0 Å². The molecule has 2 nitrogen and oxygen atoms in total. The zero-order valence-electron chi connectivity index (χ0n) is 12.0. The summed E-state index contributed by atoms with van der Waals surface area (Å²) in [5.41, 5.74) is 1.75. The van der Waals surface area contributed by atoms with Crippen molar-refractivity contribution >= 4 is 5.57 Å². The molecular formula is C19H18O2. The largest absolute Gasteiger partial charge is 0.497 e. The van der Waals surface area contributed by atoms with Gasteiger partial charge in [0.15, 0.2) is 0 Å². The summed E-state index contributed by atoms with van der Waals surface area (Å²) in [5, 5.41) is 11.3. The van der Waals surface area contributed by atoms with Crippen molar-refractivity contribution in [2.75, 3.05) is 7.11 Å². The van der Waals surface area contributed by atoms with E-state index >= 15 is 0 Å². The monoisotopic (exact) mass is 278 g/mol. The maximum Gasteiger partial charge on any atom is 0.119 e. The summed E-state index contributed by atoms with van der Waals surface area (Å²) in [5.74, 6) is 0.787. The summed E-state index contributed by atoms with van der Waals surface area (Å²) in [6.07, 6.45) is 4.35. The second kappa shape index (κ2) is 5.58. The molecule has 0 heterocycles. The van der Waals surface area contributed by atoms with Gasteiger partial charge >= 0.3 is 0 Å². The molecule has 0 spiro atoms. The van der Waals surface area contributed by atoms with Crippen LogP contribution in [0.25, 0.3) is 5.57 Å². The molecule has 1 unspecified atom stereocenters. The molecular weight excluding hydrogens is 260 g/mol. The number of rotatable bonds is 3. The van der Waals surface area contributed by atoms with Gasteiger partial charge in [0.2, 0.25) is 0 Å². The van der Waals surface area contributed by atoms with Crippen LogP contribution in [0, 0.1) is 0 Å². The van der Waals surface area contributed by atoms with Gasteiger partial charge in [-0.15, -0.1) is 0 Å². The fourth-order valence-corrected chi connectivity index (χ4v) is 2.75. The van der Waals surface area contributed by atoms with Crippen molar-refractivity contribution in [2.24, 2.45) is 0 Å². The van der Waals surface area contributed by atoms with E-state index in [4.69, 9.17) is 4.74 Å². The summed E-state index contributed by atoms with van der Waals surface area (Å²) in [4.78, 5) is 0. The van der Waals surface area contributed by atoms with E-state index in [1.165, 1.54) is 0 Å². The molecule has 1 atom stereocenters. The minimum atomic E-state index is -1.02. The summed E-state index contributed by atoms with van der Waals surface area (Å²) >= 11 is 0. The summed E-state index contributed by atoms with van der Waals surface area (Å²) in [6, 6.07) is 19.7. The highest BCUT2D eigenvalue weighted by atomic mass is 16.5. The number of hydrogen-bond donors (Lipinski definition) is 1. The van der Waals surface area contributed by atoms with E-state index in [1.807, 2.05) is 72.8 Å². The lowest BCUT2D eigenvalue weighted by Crippen LogP contribution is -2.29. The Hall–Kier alpha value is -2.32. The molecule has 0 saturated carbocycles. The van der Waals surface area contributed by atoms with Crippen LogP contribution in [0.1, 0.15) is 17.5 Å². The Morgan fingerprint density at radius 3 is 2.19 bits per heavy atom. The van der Waals surface area contributed by atoms with Gasteiger partial charge in [-0.2, -0.15) is 0 Å². The van der Waals surface area contributed by atoms with Crippen molar-refractivity contribution in [3.05, 3.63) is 89.7 Å². The van der Waals surface area contributed by atoms with Gasteiger partial charge in [0.1, 0.15) is 11.4 Å². The maximum atomic E-state index is 11.3. The molecule has 1 aliphatic carbocycles. The Kier molecular flexibility index (Phi) is 3.63. The van der Waals surface area contributed by atoms with Crippen molar-refractivity contribution in [1.29, 1.82) is 0 Å². The predicted octanol–water partition coefficient (Wildman–Crippen LogP) is 3.89. The van der Waals surface area contributed by atoms with Crippen molar-refractivity contribution in [2.45, 2.75) is 12.0 Å². The second-order valence-corrected chi connectivity index (χ2v) is 5.17. The highest BCUT2D eigenvalue weighted by Gasteiger charge is 2.36. The van der Waals surface area contributed by atoms with Gasteiger partial charge in [-0.25, -0.2) is 0 Å². The van der Waals surface area contributed by atoms with Gasteiger partial charge in [0.05, 0.1) is 7.11 Å². The third kappa shape index (κ3) is 2.50.